The van der Waals surface area contributed by atoms with Crippen LogP contribution in [0.25, 0.3) is 0 Å². The summed E-state index contributed by atoms with van der Waals surface area (Å²) in [6, 6.07) is 0. The molecule has 16 heavy (non-hydrogen) atoms. The van der Waals surface area contributed by atoms with Crippen LogP contribution >= 0.6 is 0 Å². The Hall–Kier alpha value is -0.930. The first kappa shape index (κ1) is 13.1. The highest BCUT2D eigenvalue weighted by molar-refractivity contribution is 5.96. The van der Waals surface area contributed by atoms with E-state index in [1.165, 1.54) is 0 Å². The summed E-state index contributed by atoms with van der Waals surface area (Å²) < 4.78 is 10.6. The van der Waals surface area contributed by atoms with Crippen molar-refractivity contribution in [1.29, 1.82) is 0 Å². The SMILES string of the molecule is C=C(C)C1CC(=O)C(C)=C[C@H]1C(OC)OC. The van der Waals surface area contributed by atoms with Gasteiger partial charge in [-0.1, -0.05) is 18.2 Å². The second-order valence-electron chi connectivity index (χ2n) is 4.35. The van der Waals surface area contributed by atoms with Crippen LogP contribution in [-0.4, -0.2) is 26.3 Å². The Morgan fingerprint density at radius 3 is 2.50 bits per heavy atom. The van der Waals surface area contributed by atoms with Crippen molar-refractivity contribution in [1.82, 2.24) is 0 Å². The number of rotatable bonds is 4. The van der Waals surface area contributed by atoms with Crippen molar-refractivity contribution >= 4 is 5.78 Å². The Bertz CT molecular complexity index is 313. The number of methoxy groups -OCH3 is 2. The molecule has 0 N–H and O–H groups in total. The van der Waals surface area contributed by atoms with Gasteiger partial charge in [-0.3, -0.25) is 4.79 Å². The van der Waals surface area contributed by atoms with E-state index in [4.69, 9.17) is 9.47 Å². The molecule has 3 nitrogen and oxygen atoms in total. The largest absolute Gasteiger partial charge is 0.355 e. The number of carbonyl (C=O) groups excluding carboxylic acids is 1. The van der Waals surface area contributed by atoms with Crippen LogP contribution in [0.5, 0.6) is 0 Å². The second-order valence-corrected chi connectivity index (χ2v) is 4.35. The maximum atomic E-state index is 11.7. The molecule has 2 atom stereocenters. The number of hydrogen-bond acceptors (Lipinski definition) is 3. The van der Waals surface area contributed by atoms with Crippen LogP contribution in [0.15, 0.2) is 23.8 Å². The van der Waals surface area contributed by atoms with E-state index in [-0.39, 0.29) is 23.9 Å². The van der Waals surface area contributed by atoms with Crippen LogP contribution < -0.4 is 0 Å². The van der Waals surface area contributed by atoms with Gasteiger partial charge in [0.1, 0.15) is 0 Å². The van der Waals surface area contributed by atoms with Gasteiger partial charge >= 0.3 is 0 Å². The molecule has 0 radical (unpaired) electrons. The van der Waals surface area contributed by atoms with Gasteiger partial charge in [-0.05, 0) is 25.3 Å². The van der Waals surface area contributed by atoms with Gasteiger partial charge in [-0.15, -0.1) is 0 Å². The molecule has 0 bridgehead atoms. The summed E-state index contributed by atoms with van der Waals surface area (Å²) in [7, 11) is 3.23. The third kappa shape index (κ3) is 2.60. The fraction of sp³-hybridized carbons (Fsp3) is 0.615. The van der Waals surface area contributed by atoms with Crippen molar-refractivity contribution in [2.45, 2.75) is 26.6 Å². The zero-order valence-electron chi connectivity index (χ0n) is 10.4. The summed E-state index contributed by atoms with van der Waals surface area (Å²) in [6.07, 6.45) is 2.14. The molecular formula is C13H20O3. The van der Waals surface area contributed by atoms with Gasteiger partial charge in [0.05, 0.1) is 0 Å². The Morgan fingerprint density at radius 1 is 1.50 bits per heavy atom. The topological polar surface area (TPSA) is 35.5 Å². The molecule has 0 amide bonds. The monoisotopic (exact) mass is 224 g/mol. The van der Waals surface area contributed by atoms with Gasteiger partial charge < -0.3 is 9.47 Å². The highest BCUT2D eigenvalue weighted by atomic mass is 16.7. The molecule has 0 aromatic carbocycles. The summed E-state index contributed by atoms with van der Waals surface area (Å²) in [5.74, 6) is 0.376. The number of ketones is 1. The Morgan fingerprint density at radius 2 is 2.06 bits per heavy atom. The molecule has 90 valence electrons. The van der Waals surface area contributed by atoms with Crippen molar-refractivity contribution in [2.24, 2.45) is 11.8 Å². The molecule has 3 heteroatoms. The van der Waals surface area contributed by atoms with Crippen LogP contribution in [0, 0.1) is 11.8 Å². The number of ether oxygens (including phenoxy) is 2. The van der Waals surface area contributed by atoms with E-state index >= 15 is 0 Å². The summed E-state index contributed by atoms with van der Waals surface area (Å²) in [5.41, 5.74) is 1.79. The van der Waals surface area contributed by atoms with Gasteiger partial charge in [0.15, 0.2) is 12.1 Å². The van der Waals surface area contributed by atoms with Crippen LogP contribution in [0.3, 0.4) is 0 Å². The predicted molar refractivity (Wildman–Crippen MR) is 63.0 cm³/mol. The summed E-state index contributed by atoms with van der Waals surface area (Å²) in [4.78, 5) is 11.7. The van der Waals surface area contributed by atoms with Gasteiger partial charge in [0.2, 0.25) is 0 Å². The lowest BCUT2D eigenvalue weighted by molar-refractivity contribution is -0.139. The smallest absolute Gasteiger partial charge is 0.163 e. The Balaban J connectivity index is 3.00. The van der Waals surface area contributed by atoms with E-state index in [2.05, 4.69) is 6.58 Å². The van der Waals surface area contributed by atoms with Crippen LogP contribution in [0.1, 0.15) is 20.3 Å². The lowest BCUT2D eigenvalue weighted by Gasteiger charge is -2.33. The van der Waals surface area contributed by atoms with Crippen molar-refractivity contribution in [3.63, 3.8) is 0 Å². The Labute approximate surface area is 97.1 Å². The van der Waals surface area contributed by atoms with E-state index in [1.807, 2.05) is 19.9 Å². The highest BCUT2D eigenvalue weighted by Crippen LogP contribution is 2.34. The minimum atomic E-state index is -0.315. The first-order valence-corrected chi connectivity index (χ1v) is 5.43. The summed E-state index contributed by atoms with van der Waals surface area (Å²) in [5, 5.41) is 0. The van der Waals surface area contributed by atoms with Crippen LogP contribution in [0.2, 0.25) is 0 Å². The molecule has 1 unspecified atom stereocenters. The molecule has 0 saturated carbocycles. The normalized spacial score (nSPS) is 25.8. The first-order chi connectivity index (χ1) is 7.51. The number of carbonyl (C=O) groups is 1. The predicted octanol–water partition coefficient (Wildman–Crippen LogP) is 2.33. The van der Waals surface area contributed by atoms with Gasteiger partial charge in [-0.25, -0.2) is 0 Å². The van der Waals surface area contributed by atoms with Gasteiger partial charge in [0.25, 0.3) is 0 Å². The van der Waals surface area contributed by atoms with E-state index in [0.29, 0.717) is 6.42 Å². The lowest BCUT2D eigenvalue weighted by atomic mass is 9.76. The molecule has 0 aliphatic heterocycles. The number of Topliss-reactive ketones (excluding diaryl/α,β-unsaturated/α-hetero) is 1. The molecular weight excluding hydrogens is 204 g/mol. The van der Waals surface area contributed by atoms with E-state index < -0.39 is 0 Å². The molecule has 0 fully saturated rings. The standard InChI is InChI=1S/C13H20O3/c1-8(2)10-7-12(14)9(3)6-11(10)13(15-4)16-5/h6,10-11,13H,1,7H2,2-5H3/t10?,11-/m1/s1. The van der Waals surface area contributed by atoms with Crippen LogP contribution in [0.4, 0.5) is 0 Å². The molecule has 1 rings (SSSR count). The molecule has 0 aromatic heterocycles. The fourth-order valence-corrected chi connectivity index (χ4v) is 2.18. The van der Waals surface area contributed by atoms with Crippen molar-refractivity contribution in [2.75, 3.05) is 14.2 Å². The zero-order valence-corrected chi connectivity index (χ0v) is 10.4. The maximum Gasteiger partial charge on any atom is 0.163 e. The summed E-state index contributed by atoms with van der Waals surface area (Å²) >= 11 is 0. The summed E-state index contributed by atoms with van der Waals surface area (Å²) in [6.45, 7) is 7.73. The first-order valence-electron chi connectivity index (χ1n) is 5.43. The quantitative estimate of drug-likeness (QED) is 0.543. The van der Waals surface area contributed by atoms with Crippen molar-refractivity contribution in [3.05, 3.63) is 23.8 Å². The average molecular weight is 224 g/mol. The highest BCUT2D eigenvalue weighted by Gasteiger charge is 2.34. The number of hydrogen-bond donors (Lipinski definition) is 0. The maximum absolute atomic E-state index is 11.7. The molecule has 0 saturated heterocycles. The van der Waals surface area contributed by atoms with Crippen LogP contribution in [-0.2, 0) is 14.3 Å². The third-order valence-electron chi connectivity index (χ3n) is 3.16. The van der Waals surface area contributed by atoms with E-state index in [0.717, 1.165) is 11.1 Å². The second kappa shape index (κ2) is 5.41. The van der Waals surface area contributed by atoms with E-state index in [1.54, 1.807) is 14.2 Å². The third-order valence-corrected chi connectivity index (χ3v) is 3.16. The molecule has 0 aromatic rings. The molecule has 0 heterocycles. The fourth-order valence-electron chi connectivity index (χ4n) is 2.18. The molecule has 1 aliphatic carbocycles. The van der Waals surface area contributed by atoms with Gasteiger partial charge in [0, 0.05) is 26.6 Å². The minimum Gasteiger partial charge on any atom is -0.355 e. The number of allylic oxidation sites excluding steroid dienone is 2. The van der Waals surface area contributed by atoms with Crippen molar-refractivity contribution in [3.8, 4) is 0 Å². The molecule has 0 spiro atoms. The zero-order chi connectivity index (χ0) is 12.3. The molecule has 1 aliphatic rings. The van der Waals surface area contributed by atoms with E-state index in [9.17, 15) is 4.79 Å². The lowest BCUT2D eigenvalue weighted by Crippen LogP contribution is -2.34. The average Bonchev–Trinajstić information content (AvgIpc) is 2.24. The van der Waals surface area contributed by atoms with Gasteiger partial charge in [-0.2, -0.15) is 0 Å². The minimum absolute atomic E-state index is 0.0743. The Kier molecular flexibility index (Phi) is 4.44. The van der Waals surface area contributed by atoms with Crippen molar-refractivity contribution < 1.29 is 14.3 Å².